The molecule has 0 aromatic carbocycles. The van der Waals surface area contributed by atoms with E-state index >= 15 is 0 Å². The summed E-state index contributed by atoms with van der Waals surface area (Å²) in [5, 5.41) is 0. The fourth-order valence-electron chi connectivity index (χ4n) is 0. The molecule has 0 radical (unpaired) electrons. The Hall–Kier alpha value is 1.36. The zero-order valence-corrected chi connectivity index (χ0v) is 6.72. The van der Waals surface area contributed by atoms with E-state index in [9.17, 15) is 4.53 Å². The van der Waals surface area contributed by atoms with Gasteiger partial charge in [-0.05, 0) is 0 Å². The van der Waals surface area contributed by atoms with Crippen LogP contribution in [0.1, 0.15) is 0 Å². The van der Waals surface area contributed by atoms with Crippen LogP contribution >= 0.6 is 7.82 Å². The molecular formula is H8CaFO8PSi. The Morgan fingerprint density at radius 3 is 1.25 bits per heavy atom. The first-order valence-corrected chi connectivity index (χ1v) is 5.13. The average molecular weight is 254 g/mol. The number of hydrogen-bond donors (Lipinski definition) is 6. The monoisotopic (exact) mass is 254 g/mol. The van der Waals surface area contributed by atoms with Crippen LogP contribution in [0.25, 0.3) is 0 Å². The van der Waals surface area contributed by atoms with E-state index in [4.69, 9.17) is 33.6 Å². The second-order valence-corrected chi connectivity index (χ2v) is 3.49. The van der Waals surface area contributed by atoms with Gasteiger partial charge in [-0.3, -0.25) is 0 Å². The Bertz CT molecular complexity index is 128. The van der Waals surface area contributed by atoms with Gasteiger partial charge in [-0.1, -0.05) is 4.53 Å². The molecule has 0 amide bonds. The average Bonchev–Trinajstić information content (AvgIpc) is 1.59. The fraction of sp³-hybridized carbons (Fsp3) is 0. The summed E-state index contributed by atoms with van der Waals surface area (Å²) in [5.74, 6) is 0. The molecule has 0 heterocycles. The van der Waals surface area contributed by atoms with Gasteiger partial charge < -0.3 is 29.1 Å². The molecule has 0 unspecified atom stereocenters. The van der Waals surface area contributed by atoms with Gasteiger partial charge in [0.25, 0.3) is 0 Å². The summed E-state index contributed by atoms with van der Waals surface area (Å²) in [6.45, 7) is 0. The molecule has 6 N–H and O–H groups in total. The first kappa shape index (κ1) is 19.0. The van der Waals surface area contributed by atoms with E-state index in [0.29, 0.717) is 0 Å². The quantitative estimate of drug-likeness (QED) is 0.208. The third-order valence-electron chi connectivity index (χ3n) is 0.104. The van der Waals surface area contributed by atoms with E-state index in [0.717, 1.165) is 0 Å². The minimum absolute atomic E-state index is 0. The Morgan fingerprint density at radius 2 is 1.25 bits per heavy atom. The van der Waals surface area contributed by atoms with Crippen molar-refractivity contribution in [2.75, 3.05) is 0 Å². The van der Waals surface area contributed by atoms with Crippen molar-refractivity contribution in [2.45, 2.75) is 0 Å². The van der Waals surface area contributed by atoms with Crippen molar-refractivity contribution < 1.29 is 42.8 Å². The van der Waals surface area contributed by atoms with Crippen molar-refractivity contribution >= 4 is 54.6 Å². The third kappa shape index (κ3) is 64.2. The Morgan fingerprint density at radius 1 is 1.17 bits per heavy atom. The van der Waals surface area contributed by atoms with Crippen molar-refractivity contribution in [3.8, 4) is 0 Å². The molecular weight excluding hydrogens is 246 g/mol. The van der Waals surface area contributed by atoms with E-state index in [1.165, 1.54) is 0 Å². The summed E-state index contributed by atoms with van der Waals surface area (Å²) >= 11 is 0. The normalized spacial score (nSPS) is 10.9. The van der Waals surface area contributed by atoms with Crippen LogP contribution in [0.5, 0.6) is 0 Å². The molecule has 74 valence electrons. The first-order chi connectivity index (χ1) is 4.56. The second kappa shape index (κ2) is 7.73. The van der Waals surface area contributed by atoms with E-state index in [1.54, 1.807) is 0 Å². The fourth-order valence-corrected chi connectivity index (χ4v) is 0. The third-order valence-corrected chi connectivity index (χ3v) is 0.311. The molecule has 0 aromatic heterocycles. The van der Waals surface area contributed by atoms with Crippen LogP contribution in [-0.4, -0.2) is 75.9 Å². The van der Waals surface area contributed by atoms with Crippen LogP contribution in [-0.2, 0) is 9.20 Å². The molecule has 0 rings (SSSR count). The number of halogens is 1. The molecule has 12 heteroatoms. The Labute approximate surface area is 96.9 Å². The van der Waals surface area contributed by atoms with Crippen molar-refractivity contribution in [3.05, 3.63) is 0 Å². The van der Waals surface area contributed by atoms with Crippen molar-refractivity contribution in [2.24, 2.45) is 0 Å². The molecule has 0 fully saturated rings. The minimum atomic E-state index is -4.80. The van der Waals surface area contributed by atoms with Gasteiger partial charge in [0.15, 0.2) is 0 Å². The molecule has 0 saturated heterocycles. The zero-order chi connectivity index (χ0) is 9.71. The number of rotatable bonds is 1. The van der Waals surface area contributed by atoms with E-state index in [2.05, 4.69) is 4.63 Å². The van der Waals surface area contributed by atoms with Gasteiger partial charge in [0.05, 0.1) is 0 Å². The van der Waals surface area contributed by atoms with Crippen LogP contribution in [0.15, 0.2) is 0 Å². The Balaban J connectivity index is -0.000000126. The molecule has 0 aliphatic carbocycles. The van der Waals surface area contributed by atoms with Gasteiger partial charge >= 0.3 is 54.6 Å². The number of phosphoric acid groups is 1. The molecule has 0 atom stereocenters. The summed E-state index contributed by atoms with van der Waals surface area (Å²) in [5.41, 5.74) is 0. The molecule has 0 aliphatic heterocycles. The SMILES string of the molecule is O=P(O)(O)O.O[Si](O)(O)OF.[CaH2]. The standard InChI is InChI=1S/Ca.FH3O4Si.H3O4P.2H/c;1-5-6(2,3)4;1-5(2,3)4;;/h;2-4H;(H3,1,2,3,4);;. The van der Waals surface area contributed by atoms with E-state index in [1.807, 2.05) is 0 Å². The van der Waals surface area contributed by atoms with Crippen molar-refractivity contribution in [1.82, 2.24) is 0 Å². The summed E-state index contributed by atoms with van der Waals surface area (Å²) in [4.78, 5) is 44.0. The zero-order valence-electron chi connectivity index (χ0n) is 4.82. The number of hydrogen-bond acceptors (Lipinski definition) is 5. The molecule has 0 saturated carbocycles. The molecule has 0 aliphatic rings. The van der Waals surface area contributed by atoms with Gasteiger partial charge in [-0.2, -0.15) is 4.63 Å². The molecule has 0 aromatic rings. The van der Waals surface area contributed by atoms with Crippen LogP contribution in [0, 0.1) is 0 Å². The van der Waals surface area contributed by atoms with Gasteiger partial charge in [-0.25, -0.2) is 4.57 Å². The van der Waals surface area contributed by atoms with Gasteiger partial charge in [0.1, 0.15) is 0 Å². The molecule has 0 spiro atoms. The van der Waals surface area contributed by atoms with E-state index < -0.39 is 16.9 Å². The van der Waals surface area contributed by atoms with Crippen LogP contribution in [0.4, 0.5) is 4.53 Å². The maximum atomic E-state index is 10.3. The van der Waals surface area contributed by atoms with Crippen molar-refractivity contribution in [1.29, 1.82) is 0 Å². The first-order valence-electron chi connectivity index (χ1n) is 1.81. The predicted octanol–water partition coefficient (Wildman–Crippen LogP) is -3.54. The van der Waals surface area contributed by atoms with Crippen LogP contribution in [0.2, 0.25) is 0 Å². The summed E-state index contributed by atoms with van der Waals surface area (Å²) in [6, 6.07) is 0. The van der Waals surface area contributed by atoms with Crippen molar-refractivity contribution in [3.63, 3.8) is 0 Å². The van der Waals surface area contributed by atoms with Gasteiger partial charge in [-0.15, -0.1) is 0 Å². The van der Waals surface area contributed by atoms with Gasteiger partial charge in [0.2, 0.25) is 0 Å². The summed E-state index contributed by atoms with van der Waals surface area (Å²) in [7, 11) is -9.44. The van der Waals surface area contributed by atoms with Crippen LogP contribution in [0.3, 0.4) is 0 Å². The Kier molecular flexibility index (Phi) is 12.3. The van der Waals surface area contributed by atoms with Crippen LogP contribution < -0.4 is 0 Å². The van der Waals surface area contributed by atoms with E-state index in [-0.39, 0.29) is 37.7 Å². The topological polar surface area (TPSA) is 148 Å². The maximum absolute atomic E-state index is 10.3. The second-order valence-electron chi connectivity index (χ2n) is 1.16. The summed E-state index contributed by atoms with van der Waals surface area (Å²) < 4.78 is 21.4. The molecule has 0 bridgehead atoms. The predicted molar refractivity (Wildman–Crippen MR) is 37.4 cm³/mol. The molecule has 8 nitrogen and oxygen atoms in total. The molecule has 12 heavy (non-hydrogen) atoms. The van der Waals surface area contributed by atoms with Gasteiger partial charge in [0, 0.05) is 0 Å². The summed E-state index contributed by atoms with van der Waals surface area (Å²) in [6.07, 6.45) is 0.